The fourth-order valence-electron chi connectivity index (χ4n) is 1.60. The third kappa shape index (κ3) is 3.00. The number of nitrogens with one attached hydrogen (secondary N) is 1. The number of aromatic nitrogens is 1. The van der Waals surface area contributed by atoms with Crippen molar-refractivity contribution in [2.45, 2.75) is 13.8 Å². The first kappa shape index (κ1) is 13.3. The Morgan fingerprint density at radius 3 is 2.74 bits per heavy atom. The molecule has 5 nitrogen and oxygen atoms in total. The Kier molecular flexibility index (Phi) is 3.66. The molecule has 0 aromatic carbocycles. The maximum absolute atomic E-state index is 11.8. The van der Waals surface area contributed by atoms with E-state index < -0.39 is 0 Å². The van der Waals surface area contributed by atoms with Gasteiger partial charge in [0.1, 0.15) is 17.1 Å². The zero-order valence-electron chi connectivity index (χ0n) is 10.4. The number of aryl methyl sites for hydroxylation is 1. The van der Waals surface area contributed by atoms with Crippen molar-refractivity contribution in [1.82, 2.24) is 4.98 Å². The molecule has 0 aliphatic carbocycles. The molecule has 2 aromatic heterocycles. The molecule has 2 rings (SSSR count). The molecule has 0 atom stereocenters. The molecule has 2 heterocycles. The molecule has 0 amide bonds. The number of anilines is 2. The van der Waals surface area contributed by atoms with Crippen LogP contribution in [0.1, 0.15) is 23.0 Å². The van der Waals surface area contributed by atoms with Gasteiger partial charge >= 0.3 is 0 Å². The summed E-state index contributed by atoms with van der Waals surface area (Å²) in [5, 5.41) is 3.29. The molecule has 2 aromatic rings. The zero-order valence-corrected chi connectivity index (χ0v) is 11.1. The zero-order chi connectivity index (χ0) is 14.0. The van der Waals surface area contributed by atoms with Crippen LogP contribution in [0, 0.1) is 6.92 Å². The van der Waals surface area contributed by atoms with E-state index in [1.807, 2.05) is 0 Å². The van der Waals surface area contributed by atoms with Crippen molar-refractivity contribution in [3.05, 3.63) is 51.0 Å². The van der Waals surface area contributed by atoms with Crippen LogP contribution in [0.2, 0.25) is 5.02 Å². The molecule has 0 radical (unpaired) electrons. The summed E-state index contributed by atoms with van der Waals surface area (Å²) in [6.07, 6.45) is 1.45. The smallest absolute Gasteiger partial charge is 0.213 e. The molecule has 0 saturated carbocycles. The highest BCUT2D eigenvalue weighted by atomic mass is 35.5. The van der Waals surface area contributed by atoms with Gasteiger partial charge in [0.25, 0.3) is 0 Å². The Labute approximate surface area is 114 Å². The number of carbonyl (C=O) groups is 1. The van der Waals surface area contributed by atoms with Crippen molar-refractivity contribution in [1.29, 1.82) is 0 Å². The molecular weight excluding hydrogens is 268 g/mol. The van der Waals surface area contributed by atoms with E-state index in [2.05, 4.69) is 10.3 Å². The van der Waals surface area contributed by atoms with Gasteiger partial charge in [-0.25, -0.2) is 4.98 Å². The number of carbonyl (C=O) groups excluding carboxylic acids is 1. The molecular formula is C13H11ClN2O3. The lowest BCUT2D eigenvalue weighted by Crippen LogP contribution is -2.15. The average Bonchev–Trinajstić information content (AvgIpc) is 2.30. The molecule has 6 heteroatoms. The topological polar surface area (TPSA) is 72.2 Å². The van der Waals surface area contributed by atoms with Crippen LogP contribution in [-0.4, -0.2) is 10.8 Å². The van der Waals surface area contributed by atoms with Crippen LogP contribution >= 0.6 is 11.6 Å². The summed E-state index contributed by atoms with van der Waals surface area (Å²) in [4.78, 5) is 27.3. The Hall–Kier alpha value is -2.14. The summed E-state index contributed by atoms with van der Waals surface area (Å²) in [6.45, 7) is 2.94. The maximum atomic E-state index is 11.8. The average molecular weight is 279 g/mol. The molecule has 1 N–H and O–H groups in total. The second-order valence-electron chi connectivity index (χ2n) is 3.97. The molecule has 0 aliphatic heterocycles. The van der Waals surface area contributed by atoms with Gasteiger partial charge in [-0.2, -0.15) is 0 Å². The van der Waals surface area contributed by atoms with Crippen LogP contribution in [0.4, 0.5) is 11.7 Å². The normalized spacial score (nSPS) is 10.3. The van der Waals surface area contributed by atoms with Crippen molar-refractivity contribution >= 4 is 29.1 Å². The molecule has 0 fully saturated rings. The van der Waals surface area contributed by atoms with Gasteiger partial charge < -0.3 is 9.73 Å². The largest absolute Gasteiger partial charge is 0.445 e. The van der Waals surface area contributed by atoms with Crippen LogP contribution in [-0.2, 0) is 0 Å². The van der Waals surface area contributed by atoms with Gasteiger partial charge in [0.2, 0.25) is 5.88 Å². The fraction of sp³-hybridized carbons (Fsp3) is 0.154. The lowest BCUT2D eigenvalue weighted by Gasteiger charge is -2.08. The molecule has 0 unspecified atom stereocenters. The molecule has 0 saturated heterocycles. The van der Waals surface area contributed by atoms with Crippen LogP contribution in [0.15, 0.2) is 33.6 Å². The quantitative estimate of drug-likeness (QED) is 0.874. The van der Waals surface area contributed by atoms with E-state index in [1.54, 1.807) is 19.1 Å². The minimum atomic E-state index is -0.382. The third-order valence-electron chi connectivity index (χ3n) is 2.39. The van der Waals surface area contributed by atoms with Crippen molar-refractivity contribution in [3.63, 3.8) is 0 Å². The lowest BCUT2D eigenvalue weighted by molar-refractivity contribution is 0.101. The van der Waals surface area contributed by atoms with Gasteiger partial charge in [-0.1, -0.05) is 11.6 Å². The minimum Gasteiger partial charge on any atom is -0.445 e. The minimum absolute atomic E-state index is 0.0256. The van der Waals surface area contributed by atoms with Crippen LogP contribution in [0.5, 0.6) is 0 Å². The number of halogens is 1. The van der Waals surface area contributed by atoms with E-state index in [9.17, 15) is 9.59 Å². The summed E-state index contributed by atoms with van der Waals surface area (Å²) in [6, 6.07) is 4.53. The number of hydrogen-bond acceptors (Lipinski definition) is 5. The van der Waals surface area contributed by atoms with Gasteiger partial charge in [-0.3, -0.25) is 9.59 Å². The third-order valence-corrected chi connectivity index (χ3v) is 2.62. The van der Waals surface area contributed by atoms with Gasteiger partial charge in [0.15, 0.2) is 11.2 Å². The van der Waals surface area contributed by atoms with Crippen LogP contribution < -0.4 is 10.7 Å². The highest BCUT2D eigenvalue weighted by molar-refractivity contribution is 6.30. The highest BCUT2D eigenvalue weighted by Crippen LogP contribution is 2.20. The second-order valence-corrected chi connectivity index (χ2v) is 4.40. The number of hydrogen-bond donors (Lipinski definition) is 1. The van der Waals surface area contributed by atoms with E-state index in [1.165, 1.54) is 19.2 Å². The van der Waals surface area contributed by atoms with E-state index in [-0.39, 0.29) is 22.7 Å². The van der Waals surface area contributed by atoms with Crippen molar-refractivity contribution in [3.8, 4) is 0 Å². The summed E-state index contributed by atoms with van der Waals surface area (Å²) in [5.41, 5.74) is -0.407. The first-order valence-electron chi connectivity index (χ1n) is 5.51. The predicted octanol–water partition coefficient (Wildman–Crippen LogP) is 2.94. The van der Waals surface area contributed by atoms with Gasteiger partial charge in [-0.05, 0) is 26.0 Å². The summed E-state index contributed by atoms with van der Waals surface area (Å²) in [7, 11) is 0. The number of rotatable bonds is 3. The van der Waals surface area contributed by atoms with Gasteiger partial charge in [0, 0.05) is 12.3 Å². The monoisotopic (exact) mass is 278 g/mol. The van der Waals surface area contributed by atoms with Crippen LogP contribution in [0.3, 0.4) is 0 Å². The Balaban J connectivity index is 2.47. The van der Waals surface area contributed by atoms with E-state index in [0.717, 1.165) is 0 Å². The second kappa shape index (κ2) is 5.24. The Morgan fingerprint density at radius 2 is 2.16 bits per heavy atom. The number of ketones is 1. The first-order chi connectivity index (χ1) is 8.97. The Bertz CT molecular complexity index is 677. The van der Waals surface area contributed by atoms with Crippen molar-refractivity contribution < 1.29 is 9.21 Å². The highest BCUT2D eigenvalue weighted by Gasteiger charge is 2.15. The summed E-state index contributed by atoms with van der Waals surface area (Å²) in [5.74, 6) is 0.560. The van der Waals surface area contributed by atoms with E-state index in [4.69, 9.17) is 16.0 Å². The predicted molar refractivity (Wildman–Crippen MR) is 72.2 cm³/mol. The van der Waals surface area contributed by atoms with Crippen molar-refractivity contribution in [2.24, 2.45) is 0 Å². The maximum Gasteiger partial charge on any atom is 0.213 e. The molecule has 19 heavy (non-hydrogen) atoms. The molecule has 0 bridgehead atoms. The van der Waals surface area contributed by atoms with Gasteiger partial charge in [-0.15, -0.1) is 0 Å². The summed E-state index contributed by atoms with van der Waals surface area (Å²) < 4.78 is 5.38. The van der Waals surface area contributed by atoms with Gasteiger partial charge in [0.05, 0.1) is 5.02 Å². The van der Waals surface area contributed by atoms with E-state index >= 15 is 0 Å². The first-order valence-corrected chi connectivity index (χ1v) is 5.89. The fourth-order valence-corrected chi connectivity index (χ4v) is 1.71. The number of Topliss-reactive ketones (excluding diaryl/α,β-unsaturated/α-hetero) is 1. The standard InChI is InChI=1S/C13H11ClN2O3/c1-7-5-10(18)12(8(2)17)13(19-7)16-11-4-3-9(14)6-15-11/h3-6H,1-2H3,(H,15,16). The summed E-state index contributed by atoms with van der Waals surface area (Å²) >= 11 is 5.73. The van der Waals surface area contributed by atoms with E-state index in [0.29, 0.717) is 16.6 Å². The number of pyridine rings is 1. The Morgan fingerprint density at radius 1 is 1.42 bits per heavy atom. The molecule has 0 spiro atoms. The lowest BCUT2D eigenvalue weighted by atomic mass is 10.2. The van der Waals surface area contributed by atoms with Crippen molar-refractivity contribution in [2.75, 3.05) is 5.32 Å². The number of nitrogens with zero attached hydrogens (tertiary/aromatic N) is 1. The SMILES string of the molecule is CC(=O)c1c(Nc2ccc(Cl)cn2)oc(C)cc1=O. The molecule has 98 valence electrons. The van der Waals surface area contributed by atoms with Crippen LogP contribution in [0.25, 0.3) is 0 Å². The molecule has 0 aliphatic rings.